The van der Waals surface area contributed by atoms with Gasteiger partial charge < -0.3 is 4.52 Å². The maximum Gasteiger partial charge on any atom is 0.295 e. The van der Waals surface area contributed by atoms with E-state index in [1.54, 1.807) is 75.4 Å². The van der Waals surface area contributed by atoms with E-state index in [4.69, 9.17) is 4.52 Å². The zero-order valence-electron chi connectivity index (χ0n) is 18.8. The highest BCUT2D eigenvalue weighted by atomic mass is 32.2. The summed E-state index contributed by atoms with van der Waals surface area (Å²) >= 11 is 0. The van der Waals surface area contributed by atoms with Gasteiger partial charge in [-0.05, 0) is 23.8 Å². The molecule has 170 valence electrons. The number of carbonyl (C=O) groups is 3. The molecule has 3 aromatic rings. The van der Waals surface area contributed by atoms with E-state index in [1.165, 1.54) is 17.4 Å². The second-order valence-corrected chi connectivity index (χ2v) is 10.3. The summed E-state index contributed by atoms with van der Waals surface area (Å²) in [5.41, 5.74) is 1.56. The minimum Gasteiger partial charge on any atom is -0.364 e. The van der Waals surface area contributed by atoms with Crippen molar-refractivity contribution >= 4 is 34.0 Å². The van der Waals surface area contributed by atoms with Crippen molar-refractivity contribution in [3.8, 4) is 11.3 Å². The molecule has 1 fully saturated rings. The highest BCUT2D eigenvalue weighted by Gasteiger charge is 2.54. The van der Waals surface area contributed by atoms with Crippen molar-refractivity contribution in [2.75, 3.05) is 11.2 Å². The summed E-state index contributed by atoms with van der Waals surface area (Å²) in [5.74, 6) is -3.03. The van der Waals surface area contributed by atoms with Gasteiger partial charge in [0.2, 0.25) is 5.78 Å². The Balaban J connectivity index is 1.88. The first-order valence-corrected chi connectivity index (χ1v) is 12.0. The molecule has 1 aromatic heterocycles. The lowest BCUT2D eigenvalue weighted by molar-refractivity contribution is -0.141. The second kappa shape index (κ2) is 8.51. The Bertz CT molecular complexity index is 1240. The number of benzene rings is 2. The van der Waals surface area contributed by atoms with Crippen LogP contribution in [0.5, 0.6) is 0 Å². The molecule has 0 radical (unpaired) electrons. The van der Waals surface area contributed by atoms with Crippen LogP contribution in [0.1, 0.15) is 32.4 Å². The zero-order chi connectivity index (χ0) is 23.9. The van der Waals surface area contributed by atoms with Gasteiger partial charge in [-0.1, -0.05) is 56.3 Å². The zero-order valence-corrected chi connectivity index (χ0v) is 19.6. The van der Waals surface area contributed by atoms with E-state index in [9.17, 15) is 18.6 Å². The molecule has 2 aromatic carbocycles. The van der Waals surface area contributed by atoms with Crippen molar-refractivity contribution in [2.45, 2.75) is 31.7 Å². The van der Waals surface area contributed by atoms with Crippen molar-refractivity contribution < 1.29 is 23.1 Å². The highest BCUT2D eigenvalue weighted by molar-refractivity contribution is 7.84. The molecule has 2 heterocycles. The summed E-state index contributed by atoms with van der Waals surface area (Å²) in [4.78, 5) is 41.7. The summed E-state index contributed by atoms with van der Waals surface area (Å²) in [6.45, 7) is 5.18. The molecule has 1 aliphatic rings. The van der Waals surface area contributed by atoms with Crippen molar-refractivity contribution in [3.05, 3.63) is 66.4 Å². The Kier molecular flexibility index (Phi) is 5.88. The first-order chi connectivity index (χ1) is 15.6. The summed E-state index contributed by atoms with van der Waals surface area (Å²) in [6.07, 6.45) is 3.00. The summed E-state index contributed by atoms with van der Waals surface area (Å²) < 4.78 is 17.4. The van der Waals surface area contributed by atoms with E-state index in [1.807, 2.05) is 0 Å². The largest absolute Gasteiger partial charge is 0.364 e. The Morgan fingerprint density at radius 1 is 1.03 bits per heavy atom. The number of aromatic nitrogens is 1. The molecule has 0 aliphatic carbocycles. The number of nitrogens with zero attached hydrogens (tertiary/aromatic N) is 2. The quantitative estimate of drug-likeness (QED) is 0.419. The van der Waals surface area contributed by atoms with Crippen LogP contribution in [0.15, 0.2) is 70.3 Å². The van der Waals surface area contributed by atoms with Gasteiger partial charge in [0.05, 0.1) is 16.8 Å². The molecular weight excluding hydrogens is 440 g/mol. The molecule has 0 spiro atoms. The fourth-order valence-electron chi connectivity index (χ4n) is 4.14. The van der Waals surface area contributed by atoms with Crippen molar-refractivity contribution in [3.63, 3.8) is 0 Å². The van der Waals surface area contributed by atoms with Gasteiger partial charge in [-0.25, -0.2) is 0 Å². The SMILES string of the molecule is CS(=O)c1ccccc1C1C(C(=O)C(C)(C)C)C(=O)C(=O)N1c1ccc(-c2ccon2)cc1. The van der Waals surface area contributed by atoms with Crippen LogP contribution < -0.4 is 4.90 Å². The van der Waals surface area contributed by atoms with E-state index in [-0.39, 0.29) is 5.78 Å². The van der Waals surface area contributed by atoms with E-state index in [2.05, 4.69) is 5.16 Å². The standard InChI is InChI=1S/C25H24N2O5S/c1-25(2,3)23(29)20-21(17-7-5-6-8-19(17)33(4)31)27(24(30)22(20)28)16-11-9-15(10-12-16)18-13-14-32-26-18/h5-14,20-21H,1-4H3. The van der Waals surface area contributed by atoms with Crippen molar-refractivity contribution in [1.82, 2.24) is 5.16 Å². The monoisotopic (exact) mass is 464 g/mol. The van der Waals surface area contributed by atoms with E-state index in [0.717, 1.165) is 5.56 Å². The number of carbonyl (C=O) groups excluding carboxylic acids is 3. The molecule has 0 saturated carbocycles. The normalized spacial score (nSPS) is 19.7. The topological polar surface area (TPSA) is 97.5 Å². The van der Waals surface area contributed by atoms with Crippen LogP contribution in [-0.2, 0) is 25.2 Å². The van der Waals surface area contributed by atoms with Crippen LogP contribution in [0.25, 0.3) is 11.3 Å². The predicted molar refractivity (Wildman–Crippen MR) is 124 cm³/mol. The van der Waals surface area contributed by atoms with Gasteiger partial charge in [0.1, 0.15) is 17.9 Å². The number of hydrogen-bond donors (Lipinski definition) is 0. The molecule has 0 N–H and O–H groups in total. The molecule has 3 atom stereocenters. The third kappa shape index (κ3) is 4.06. The predicted octanol–water partition coefficient (Wildman–Crippen LogP) is 3.97. The van der Waals surface area contributed by atoms with Gasteiger partial charge in [0.15, 0.2) is 5.78 Å². The number of anilines is 1. The third-order valence-corrected chi connectivity index (χ3v) is 6.75. The molecule has 1 saturated heterocycles. The van der Waals surface area contributed by atoms with Crippen LogP contribution in [0.4, 0.5) is 5.69 Å². The van der Waals surface area contributed by atoms with Gasteiger partial charge in [-0.3, -0.25) is 23.5 Å². The molecule has 8 heteroatoms. The highest BCUT2D eigenvalue weighted by Crippen LogP contribution is 2.44. The summed E-state index contributed by atoms with van der Waals surface area (Å²) in [7, 11) is -1.38. The van der Waals surface area contributed by atoms with E-state index >= 15 is 0 Å². The van der Waals surface area contributed by atoms with Crippen molar-refractivity contribution in [2.24, 2.45) is 11.3 Å². The van der Waals surface area contributed by atoms with Crippen LogP contribution in [0.3, 0.4) is 0 Å². The molecule has 3 unspecified atom stereocenters. The van der Waals surface area contributed by atoms with Gasteiger partial charge in [0.25, 0.3) is 5.91 Å². The van der Waals surface area contributed by atoms with Gasteiger partial charge in [-0.15, -0.1) is 0 Å². The molecule has 33 heavy (non-hydrogen) atoms. The van der Waals surface area contributed by atoms with Gasteiger partial charge >= 0.3 is 0 Å². The minimum atomic E-state index is -1.38. The van der Waals surface area contributed by atoms with Gasteiger partial charge in [0, 0.05) is 33.9 Å². The van der Waals surface area contributed by atoms with Gasteiger partial charge in [-0.2, -0.15) is 0 Å². The lowest BCUT2D eigenvalue weighted by atomic mass is 9.77. The molecular formula is C25H24N2O5S. The number of rotatable bonds is 5. The Hall–Kier alpha value is -3.39. The smallest absolute Gasteiger partial charge is 0.295 e. The van der Waals surface area contributed by atoms with Crippen LogP contribution in [0, 0.1) is 11.3 Å². The lowest BCUT2D eigenvalue weighted by Gasteiger charge is -2.31. The maximum absolute atomic E-state index is 13.4. The average Bonchev–Trinajstić information content (AvgIpc) is 3.40. The number of ketones is 2. The lowest BCUT2D eigenvalue weighted by Crippen LogP contribution is -2.36. The van der Waals surface area contributed by atoms with Crippen LogP contribution in [-0.4, -0.2) is 33.1 Å². The molecule has 4 rings (SSSR count). The fourth-order valence-corrected chi connectivity index (χ4v) is 4.93. The number of Topliss-reactive ketones (excluding diaryl/α,β-unsaturated/α-hetero) is 2. The number of amides is 1. The van der Waals surface area contributed by atoms with E-state index in [0.29, 0.717) is 21.8 Å². The van der Waals surface area contributed by atoms with E-state index < -0.39 is 39.9 Å². The van der Waals surface area contributed by atoms with Crippen LogP contribution >= 0.6 is 0 Å². The van der Waals surface area contributed by atoms with Crippen molar-refractivity contribution in [1.29, 1.82) is 0 Å². The minimum absolute atomic E-state index is 0.329. The first-order valence-electron chi connectivity index (χ1n) is 10.5. The molecule has 7 nitrogen and oxygen atoms in total. The average molecular weight is 465 g/mol. The Morgan fingerprint density at radius 2 is 1.70 bits per heavy atom. The first kappa shape index (κ1) is 22.8. The third-order valence-electron chi connectivity index (χ3n) is 5.75. The molecule has 1 amide bonds. The summed E-state index contributed by atoms with van der Waals surface area (Å²) in [5, 5.41) is 3.91. The molecule has 1 aliphatic heterocycles. The van der Waals surface area contributed by atoms with Crippen LogP contribution in [0.2, 0.25) is 0 Å². The maximum atomic E-state index is 13.4. The second-order valence-electron chi connectivity index (χ2n) is 9.00. The fraction of sp³-hybridized carbons (Fsp3) is 0.280. The Morgan fingerprint density at radius 3 is 2.27 bits per heavy atom. The summed E-state index contributed by atoms with van der Waals surface area (Å²) in [6, 6.07) is 14.7. The molecule has 0 bridgehead atoms. The Labute approximate surface area is 194 Å². The number of hydrogen-bond acceptors (Lipinski definition) is 6.